The number of benzene rings is 6. The van der Waals surface area contributed by atoms with Gasteiger partial charge in [-0.3, -0.25) is 14.4 Å². The van der Waals surface area contributed by atoms with Gasteiger partial charge < -0.3 is 60.6 Å². The number of hydrogen-bond donors (Lipinski definition) is 5. The Bertz CT molecular complexity index is 5190. The van der Waals surface area contributed by atoms with E-state index in [9.17, 15) is 14.4 Å². The van der Waals surface area contributed by atoms with Crippen LogP contribution in [0.4, 0.5) is 34.1 Å². The first-order chi connectivity index (χ1) is 52.8. The molecule has 110 heavy (non-hydrogen) atoms. The Morgan fingerprint density at radius 1 is 0.464 bits per heavy atom. The summed E-state index contributed by atoms with van der Waals surface area (Å²) in [5.74, 6) is -0.0696. The van der Waals surface area contributed by atoms with E-state index in [2.05, 4.69) is 122 Å². The Kier molecular flexibility index (Phi) is 25.9. The van der Waals surface area contributed by atoms with Crippen LogP contribution in [-0.2, 0) is 29.4 Å². The lowest BCUT2D eigenvalue weighted by Crippen LogP contribution is -2.31. The van der Waals surface area contributed by atoms with E-state index in [0.29, 0.717) is 64.6 Å². The lowest BCUT2D eigenvalue weighted by atomic mass is 9.80. The summed E-state index contributed by atoms with van der Waals surface area (Å²) in [7, 11) is -3.85. The van der Waals surface area contributed by atoms with Crippen LogP contribution in [-0.4, -0.2) is 130 Å². The number of nitrogens with zero attached hydrogens (tertiary/aromatic N) is 11. The SMILES string of the molecule is CC1=C(c2cccc(N)c2)C(=O)n2nc(-c3ccccc3)c(N3CCCCC3)c2C1.Cc1c(-c2cccc(N)c2)c(=O)n2nc(-c3ccccc3)c(N3CCCCC3)c2n1COCC[Si](C)(C)C.Cc1c(Br)c(=O)n2nc(-c3ccccc3)c(N3CCCCC3)c2n1COCC[Si](C)(C)C.Nc1cccc(B(O)O)c1. The van der Waals surface area contributed by atoms with Crippen LogP contribution in [0.3, 0.4) is 0 Å². The highest BCUT2D eigenvalue weighted by atomic mass is 79.9. The van der Waals surface area contributed by atoms with Gasteiger partial charge in [0.1, 0.15) is 46.4 Å². The van der Waals surface area contributed by atoms with Gasteiger partial charge in [0, 0.05) is 126 Å². The Labute approximate surface area is 656 Å². The van der Waals surface area contributed by atoms with E-state index >= 15 is 0 Å². The molecule has 0 saturated carbocycles. The Hall–Kier alpha value is -9.60. The van der Waals surface area contributed by atoms with Crippen molar-refractivity contribution in [1.29, 1.82) is 0 Å². The van der Waals surface area contributed by atoms with Crippen molar-refractivity contribution in [3.63, 3.8) is 0 Å². The Balaban J connectivity index is 0.000000145. The van der Waals surface area contributed by atoms with E-state index in [-0.39, 0.29) is 17.0 Å². The van der Waals surface area contributed by atoms with Crippen molar-refractivity contribution in [3.8, 4) is 44.9 Å². The number of fused-ring (bicyclic) bond motifs is 3. The molecule has 0 aliphatic carbocycles. The Morgan fingerprint density at radius 2 is 0.855 bits per heavy atom. The molecule has 0 atom stereocenters. The maximum absolute atomic E-state index is 14.1. The first kappa shape index (κ1) is 79.9. The van der Waals surface area contributed by atoms with Crippen LogP contribution in [0.1, 0.15) is 92.2 Å². The van der Waals surface area contributed by atoms with E-state index in [1.807, 2.05) is 117 Å². The van der Waals surface area contributed by atoms with Crippen molar-refractivity contribution in [3.05, 3.63) is 217 Å². The molecule has 0 spiro atoms. The highest BCUT2D eigenvalue weighted by Gasteiger charge is 2.35. The number of piperidine rings is 3. The van der Waals surface area contributed by atoms with Crippen LogP contribution in [0.15, 0.2) is 183 Å². The van der Waals surface area contributed by atoms with Crippen LogP contribution in [0.2, 0.25) is 51.4 Å². The molecule has 576 valence electrons. The molecule has 6 aromatic carbocycles. The molecular weight excluding hydrogens is 1480 g/mol. The number of nitrogens with two attached hydrogens (primary N) is 3. The summed E-state index contributed by atoms with van der Waals surface area (Å²) in [5.41, 5.74) is 36.7. The molecule has 0 amide bonds. The zero-order chi connectivity index (χ0) is 78.0. The fourth-order valence-electron chi connectivity index (χ4n) is 14.9. The number of halogens is 1. The molecule has 0 radical (unpaired) electrons. The fourth-order valence-corrected chi connectivity index (χ4v) is 16.8. The molecule has 3 saturated heterocycles. The van der Waals surface area contributed by atoms with Crippen LogP contribution >= 0.6 is 15.9 Å². The number of allylic oxidation sites excluding steroid dienone is 2. The second kappa shape index (κ2) is 35.6. The van der Waals surface area contributed by atoms with E-state index in [1.165, 1.54) is 38.2 Å². The first-order valence-corrected chi connectivity index (χ1v) is 46.9. The highest BCUT2D eigenvalue weighted by Crippen LogP contribution is 2.43. The number of anilines is 6. The van der Waals surface area contributed by atoms with Crippen LogP contribution in [0.25, 0.3) is 61.8 Å². The van der Waals surface area contributed by atoms with E-state index in [4.69, 9.17) is 52.0 Å². The summed E-state index contributed by atoms with van der Waals surface area (Å²) >= 11 is 3.52. The maximum atomic E-state index is 14.1. The van der Waals surface area contributed by atoms with Crippen molar-refractivity contribution in [2.24, 2.45) is 0 Å². The van der Waals surface area contributed by atoms with Gasteiger partial charge >= 0.3 is 7.12 Å². The normalized spacial score (nSPS) is 14.7. The third kappa shape index (κ3) is 18.5. The van der Waals surface area contributed by atoms with E-state index in [1.54, 1.807) is 31.9 Å². The zero-order valence-corrected chi connectivity index (χ0v) is 68.8. The highest BCUT2D eigenvalue weighted by molar-refractivity contribution is 9.10. The number of aromatic nitrogens is 8. The predicted octanol–water partition coefficient (Wildman–Crippen LogP) is 15.3. The molecule has 25 heteroatoms. The molecule has 0 bridgehead atoms. The van der Waals surface area contributed by atoms with Gasteiger partial charge in [0.2, 0.25) is 0 Å². The average molecular weight is 1580 g/mol. The largest absolute Gasteiger partial charge is 0.488 e. The molecule has 15 rings (SSSR count). The number of ether oxygens (including phenoxy) is 2. The van der Waals surface area contributed by atoms with Crippen LogP contribution in [0.5, 0.6) is 0 Å². The summed E-state index contributed by atoms with van der Waals surface area (Å²) in [4.78, 5) is 48.2. The number of nitrogen functional groups attached to an aromatic ring is 3. The monoisotopic (exact) mass is 1580 g/mol. The van der Waals surface area contributed by atoms with Gasteiger partial charge in [-0.25, -0.2) is 0 Å². The third-order valence-corrected chi connectivity index (χ3v) is 25.2. The van der Waals surface area contributed by atoms with Gasteiger partial charge in [-0.2, -0.15) is 29.0 Å². The molecule has 21 nitrogen and oxygen atoms in total. The summed E-state index contributed by atoms with van der Waals surface area (Å²) < 4.78 is 22.0. The summed E-state index contributed by atoms with van der Waals surface area (Å²) in [6.07, 6.45) is 11.4. The standard InChI is InChI=1S/C30H39N5O2Si.C25H26N4O.C24H33BrN4O2Si.C6H8BNO2/c1-22-26(24-14-11-15-25(31)20-24)30(36)35-29(34(22)21-37-18-19-38(2,3)4)28(33-16-9-6-10-17-33)27(32-35)23-12-7-5-8-13-23;1-17-15-21-24(28-13-6-3-7-14-28)23(18-9-4-2-5-10-18)27-29(21)25(30)22(17)19-11-8-12-20(26)16-19;1-18-20(25)24(30)29-23(28(18)17-31-15-16-32(2,3)4)22(27-13-9-6-10-14-27)21(26-29)19-11-7-5-8-12-19;8-6-3-1-2-5(4-6)7(9)10/h5,7-8,11-15,20H,6,9-10,16-19,21,31H2,1-4H3;2,4-5,8-12,16H,3,6-7,13-15,26H2,1H3;5,7-8,11-12H,6,9-10,13-17H2,1-4H3;1-4,9-10H,8H2. The number of rotatable bonds is 19. The molecule has 3 fully saturated rings. The molecule has 5 aromatic heterocycles. The van der Waals surface area contributed by atoms with Crippen molar-refractivity contribution in [2.45, 2.75) is 150 Å². The van der Waals surface area contributed by atoms with Gasteiger partial charge in [-0.1, -0.05) is 172 Å². The molecule has 9 heterocycles. The number of carbonyl (C=O) groups is 1. The average Bonchev–Trinajstić information content (AvgIpc) is 1.57. The minimum absolute atomic E-state index is 0.0696. The van der Waals surface area contributed by atoms with Gasteiger partial charge in [0.25, 0.3) is 17.0 Å². The topological polar surface area (TPSA) is 260 Å². The van der Waals surface area contributed by atoms with E-state index in [0.717, 1.165) is 180 Å². The minimum Gasteiger partial charge on any atom is -0.423 e. The molecule has 8 N–H and O–H groups in total. The van der Waals surface area contributed by atoms with E-state index < -0.39 is 23.3 Å². The molecule has 4 aliphatic heterocycles. The first-order valence-electron chi connectivity index (χ1n) is 38.7. The maximum Gasteiger partial charge on any atom is 0.488 e. The van der Waals surface area contributed by atoms with Gasteiger partial charge in [0.05, 0.1) is 16.9 Å². The summed E-state index contributed by atoms with van der Waals surface area (Å²) in [6.45, 7) is 28.2. The van der Waals surface area contributed by atoms with Crippen LogP contribution < -0.4 is 48.5 Å². The second-order valence-electron chi connectivity index (χ2n) is 31.6. The van der Waals surface area contributed by atoms with Crippen molar-refractivity contribution in [1.82, 2.24) is 38.1 Å². The molecule has 0 unspecified atom stereocenters. The predicted molar refractivity (Wildman–Crippen MR) is 459 cm³/mol. The molecular formula is C85H106BBrN14O7Si2. The lowest BCUT2D eigenvalue weighted by molar-refractivity contribution is 0.0874. The molecule has 11 aromatic rings. The summed E-state index contributed by atoms with van der Waals surface area (Å²) in [6, 6.07) is 54.3. The smallest absolute Gasteiger partial charge is 0.423 e. The summed E-state index contributed by atoms with van der Waals surface area (Å²) in [5, 5.41) is 32.0. The van der Waals surface area contributed by atoms with Gasteiger partial charge in [-0.05, 0) is 160 Å². The number of carbonyl (C=O) groups excluding carboxylic acids is 1. The second-order valence-corrected chi connectivity index (χ2v) is 43.7. The molecule has 4 aliphatic rings. The van der Waals surface area contributed by atoms with Crippen molar-refractivity contribution in [2.75, 3.05) is 84.4 Å². The number of hydrogen-bond acceptors (Lipinski definition) is 16. The fraction of sp³-hybridized carbons (Fsp3) is 0.365. The van der Waals surface area contributed by atoms with Crippen molar-refractivity contribution >= 4 is 102 Å². The third-order valence-electron chi connectivity index (χ3n) is 20.8. The quantitative estimate of drug-likeness (QED) is 0.0286. The van der Waals surface area contributed by atoms with Gasteiger partial charge in [0.15, 0.2) is 11.3 Å². The zero-order valence-electron chi connectivity index (χ0n) is 65.2. The Morgan fingerprint density at radius 3 is 1.28 bits per heavy atom. The van der Waals surface area contributed by atoms with Crippen LogP contribution in [0, 0.1) is 13.8 Å². The minimum atomic E-state index is -1.43. The lowest BCUT2D eigenvalue weighted by Gasteiger charge is -2.30. The van der Waals surface area contributed by atoms with Gasteiger partial charge in [-0.15, -0.1) is 0 Å². The van der Waals surface area contributed by atoms with Crippen molar-refractivity contribution < 1.29 is 24.3 Å².